The van der Waals surface area contributed by atoms with E-state index in [1.807, 2.05) is 0 Å². The first-order chi connectivity index (χ1) is 6.54. The van der Waals surface area contributed by atoms with Crippen LogP contribution in [0.15, 0.2) is 0 Å². The van der Waals surface area contributed by atoms with Crippen LogP contribution >= 0.6 is 31.9 Å². The third-order valence-electron chi connectivity index (χ3n) is 1.28. The Hall–Kier alpha value is -0.100. The van der Waals surface area contributed by atoms with Gasteiger partial charge in [-0.25, -0.2) is 0 Å². The fraction of sp³-hybridized carbons (Fsp3) is 0.750. The molecule has 6 heteroatoms. The minimum Gasteiger partial charge on any atom is -0.465 e. The maximum absolute atomic E-state index is 11.2. The van der Waals surface area contributed by atoms with E-state index in [0.717, 1.165) is 0 Å². The standard InChI is InChI=1S/C8H12Br2O4/c1-3-13-7(11)5(9)6(10)8(12)14-4-2/h5-6H,3-4H2,1-2H3/t5-,6-/m1/s1. The highest BCUT2D eigenvalue weighted by Gasteiger charge is 2.31. The maximum atomic E-state index is 11.2. The molecule has 0 aromatic rings. The van der Waals surface area contributed by atoms with Crippen molar-refractivity contribution in [2.24, 2.45) is 0 Å². The van der Waals surface area contributed by atoms with Crippen LogP contribution in [-0.4, -0.2) is 34.8 Å². The smallest absolute Gasteiger partial charge is 0.321 e. The molecule has 0 bridgehead atoms. The molecular weight excluding hydrogens is 320 g/mol. The predicted octanol–water partition coefficient (Wildman–Crippen LogP) is 1.64. The van der Waals surface area contributed by atoms with Crippen LogP contribution in [0.25, 0.3) is 0 Å². The molecule has 0 heterocycles. The second-order valence-corrected chi connectivity index (χ2v) is 4.28. The van der Waals surface area contributed by atoms with Crippen LogP contribution in [0, 0.1) is 0 Å². The summed E-state index contributed by atoms with van der Waals surface area (Å²) in [7, 11) is 0. The van der Waals surface area contributed by atoms with Gasteiger partial charge in [0.25, 0.3) is 0 Å². The Morgan fingerprint density at radius 2 is 1.29 bits per heavy atom. The monoisotopic (exact) mass is 330 g/mol. The van der Waals surface area contributed by atoms with E-state index in [0.29, 0.717) is 0 Å². The van der Waals surface area contributed by atoms with Crippen LogP contribution in [0.4, 0.5) is 0 Å². The number of hydrogen-bond acceptors (Lipinski definition) is 4. The van der Waals surface area contributed by atoms with E-state index in [9.17, 15) is 9.59 Å². The van der Waals surface area contributed by atoms with Gasteiger partial charge in [0.05, 0.1) is 13.2 Å². The molecule has 0 fully saturated rings. The van der Waals surface area contributed by atoms with Crippen molar-refractivity contribution in [3.63, 3.8) is 0 Å². The van der Waals surface area contributed by atoms with Gasteiger partial charge in [-0.1, -0.05) is 31.9 Å². The minimum atomic E-state index is -0.721. The summed E-state index contributed by atoms with van der Waals surface area (Å²) in [5, 5.41) is 0. The molecule has 0 rings (SSSR count). The second kappa shape index (κ2) is 7.23. The second-order valence-electron chi connectivity index (χ2n) is 2.31. The lowest BCUT2D eigenvalue weighted by molar-refractivity contribution is -0.148. The maximum Gasteiger partial charge on any atom is 0.321 e. The normalized spacial score (nSPS) is 14.3. The summed E-state index contributed by atoms with van der Waals surface area (Å²) >= 11 is 6.12. The zero-order valence-corrected chi connectivity index (χ0v) is 11.1. The molecule has 0 aromatic carbocycles. The third-order valence-corrected chi connectivity index (χ3v) is 3.79. The summed E-state index contributed by atoms with van der Waals surface area (Å²) in [4.78, 5) is 20.9. The number of esters is 2. The van der Waals surface area contributed by atoms with Gasteiger partial charge in [0.2, 0.25) is 0 Å². The summed E-state index contributed by atoms with van der Waals surface area (Å²) < 4.78 is 9.46. The zero-order chi connectivity index (χ0) is 11.1. The van der Waals surface area contributed by atoms with E-state index in [4.69, 9.17) is 9.47 Å². The molecular formula is C8H12Br2O4. The first-order valence-electron chi connectivity index (χ1n) is 4.16. The van der Waals surface area contributed by atoms with E-state index >= 15 is 0 Å². The fourth-order valence-corrected chi connectivity index (χ4v) is 1.38. The van der Waals surface area contributed by atoms with Crippen molar-refractivity contribution < 1.29 is 19.1 Å². The zero-order valence-electron chi connectivity index (χ0n) is 7.96. The molecule has 0 N–H and O–H groups in total. The topological polar surface area (TPSA) is 52.6 Å². The van der Waals surface area contributed by atoms with Gasteiger partial charge >= 0.3 is 11.9 Å². The van der Waals surface area contributed by atoms with Crippen molar-refractivity contribution in [3.05, 3.63) is 0 Å². The molecule has 0 aliphatic heterocycles. The number of halogens is 2. The molecule has 0 amide bonds. The molecule has 4 nitrogen and oxygen atoms in total. The Morgan fingerprint density at radius 3 is 1.50 bits per heavy atom. The Labute approximate surface area is 99.6 Å². The van der Waals surface area contributed by atoms with Crippen LogP contribution in [-0.2, 0) is 19.1 Å². The van der Waals surface area contributed by atoms with Gasteiger partial charge in [-0.2, -0.15) is 0 Å². The van der Waals surface area contributed by atoms with Gasteiger partial charge in [-0.3, -0.25) is 9.59 Å². The van der Waals surface area contributed by atoms with E-state index in [1.54, 1.807) is 13.8 Å². The quantitative estimate of drug-likeness (QED) is 0.567. The van der Waals surface area contributed by atoms with Crippen molar-refractivity contribution in [3.8, 4) is 0 Å². The van der Waals surface area contributed by atoms with Gasteiger partial charge in [0, 0.05) is 0 Å². The lowest BCUT2D eigenvalue weighted by Gasteiger charge is -2.13. The van der Waals surface area contributed by atoms with Crippen molar-refractivity contribution in [2.45, 2.75) is 23.5 Å². The van der Waals surface area contributed by atoms with E-state index in [-0.39, 0.29) is 13.2 Å². The fourth-order valence-electron chi connectivity index (χ4n) is 0.683. The molecule has 0 aromatic heterocycles. The number of alkyl halides is 2. The van der Waals surface area contributed by atoms with Crippen molar-refractivity contribution in [1.82, 2.24) is 0 Å². The molecule has 0 radical (unpaired) electrons. The molecule has 0 unspecified atom stereocenters. The Balaban J connectivity index is 4.16. The summed E-state index contributed by atoms with van der Waals surface area (Å²) in [5.41, 5.74) is 0. The van der Waals surface area contributed by atoms with Crippen molar-refractivity contribution >= 4 is 43.8 Å². The Kier molecular flexibility index (Phi) is 7.17. The molecule has 82 valence electrons. The first-order valence-corrected chi connectivity index (χ1v) is 5.99. The SMILES string of the molecule is CCOC(=O)[C@H](Br)[C@@H](Br)C(=O)OCC. The summed E-state index contributed by atoms with van der Waals surface area (Å²) in [6.07, 6.45) is 0. The number of carbonyl (C=O) groups is 2. The van der Waals surface area contributed by atoms with E-state index in [1.165, 1.54) is 0 Å². The molecule has 0 saturated carbocycles. The highest BCUT2D eigenvalue weighted by molar-refractivity contribution is 9.12. The highest BCUT2D eigenvalue weighted by atomic mass is 79.9. The van der Waals surface area contributed by atoms with Crippen LogP contribution in [0.3, 0.4) is 0 Å². The lowest BCUT2D eigenvalue weighted by Crippen LogP contribution is -2.33. The van der Waals surface area contributed by atoms with E-state index < -0.39 is 21.6 Å². The van der Waals surface area contributed by atoms with Gasteiger partial charge in [-0.15, -0.1) is 0 Å². The summed E-state index contributed by atoms with van der Waals surface area (Å²) in [5.74, 6) is -0.968. The number of ether oxygens (including phenoxy) is 2. The average molecular weight is 332 g/mol. The largest absolute Gasteiger partial charge is 0.465 e. The number of hydrogen-bond donors (Lipinski definition) is 0. The molecule has 2 atom stereocenters. The number of carbonyl (C=O) groups excluding carboxylic acids is 2. The molecule has 14 heavy (non-hydrogen) atoms. The Morgan fingerprint density at radius 1 is 1.00 bits per heavy atom. The molecule has 0 aliphatic rings. The Bertz CT molecular complexity index is 186. The molecule has 0 aliphatic carbocycles. The molecule has 0 saturated heterocycles. The minimum absolute atomic E-state index is 0.281. The van der Waals surface area contributed by atoms with Crippen LogP contribution in [0.1, 0.15) is 13.8 Å². The van der Waals surface area contributed by atoms with E-state index in [2.05, 4.69) is 31.9 Å². The van der Waals surface area contributed by atoms with Gasteiger partial charge in [0.15, 0.2) is 0 Å². The summed E-state index contributed by atoms with van der Waals surface area (Å²) in [6, 6.07) is 0. The van der Waals surface area contributed by atoms with Crippen molar-refractivity contribution in [1.29, 1.82) is 0 Å². The van der Waals surface area contributed by atoms with Gasteiger partial charge in [-0.05, 0) is 13.8 Å². The van der Waals surface area contributed by atoms with Crippen LogP contribution in [0.2, 0.25) is 0 Å². The third kappa shape index (κ3) is 4.41. The molecule has 0 spiro atoms. The predicted molar refractivity (Wildman–Crippen MR) is 58.7 cm³/mol. The number of rotatable bonds is 5. The van der Waals surface area contributed by atoms with Crippen LogP contribution < -0.4 is 0 Å². The van der Waals surface area contributed by atoms with Gasteiger partial charge in [0.1, 0.15) is 9.65 Å². The van der Waals surface area contributed by atoms with Gasteiger partial charge < -0.3 is 9.47 Å². The van der Waals surface area contributed by atoms with Crippen molar-refractivity contribution in [2.75, 3.05) is 13.2 Å². The first kappa shape index (κ1) is 13.9. The summed E-state index contributed by atoms with van der Waals surface area (Å²) in [6.45, 7) is 3.96. The lowest BCUT2D eigenvalue weighted by atomic mass is 10.3. The highest BCUT2D eigenvalue weighted by Crippen LogP contribution is 2.17. The average Bonchev–Trinajstić information content (AvgIpc) is 2.16. The van der Waals surface area contributed by atoms with Crippen LogP contribution in [0.5, 0.6) is 0 Å².